The van der Waals surface area contributed by atoms with E-state index in [2.05, 4.69) is 24.3 Å². The lowest BCUT2D eigenvalue weighted by Crippen LogP contribution is -2.36. The van der Waals surface area contributed by atoms with Crippen molar-refractivity contribution in [3.8, 4) is 5.75 Å². The zero-order valence-electron chi connectivity index (χ0n) is 7.97. The number of hydroxylamine groups is 2. The fraction of sp³-hybridized carbons (Fsp3) is 0.167. The summed E-state index contributed by atoms with van der Waals surface area (Å²) in [6, 6.07) is 8.43. The molecule has 1 aromatic rings. The molecule has 0 saturated heterocycles. The van der Waals surface area contributed by atoms with Crippen LogP contribution in [0.4, 0.5) is 0 Å². The topological polar surface area (TPSA) is 12.5 Å². The molecular weight excluding hydrogens is 174 g/mol. The van der Waals surface area contributed by atoms with Gasteiger partial charge in [-0.3, -0.25) is 0 Å². The second-order valence-corrected chi connectivity index (χ2v) is 3.59. The zero-order valence-corrected chi connectivity index (χ0v) is 7.97. The molecule has 14 heavy (non-hydrogen) atoms. The van der Waals surface area contributed by atoms with Gasteiger partial charge >= 0.3 is 0 Å². The number of hydrogen-bond donors (Lipinski definition) is 0. The van der Waals surface area contributed by atoms with Gasteiger partial charge in [0.05, 0.1) is 6.04 Å². The Bertz CT molecular complexity index is 434. The SMILES string of the molecule is CN1Oc2ccccc2C2=CC=CC21. The third-order valence-corrected chi connectivity index (χ3v) is 2.72. The van der Waals surface area contributed by atoms with Crippen LogP contribution in [0.1, 0.15) is 5.56 Å². The Balaban J connectivity index is 2.18. The summed E-state index contributed by atoms with van der Waals surface area (Å²) in [6.07, 6.45) is 6.38. The first-order valence-corrected chi connectivity index (χ1v) is 4.75. The molecule has 1 aromatic carbocycles. The molecule has 1 aliphatic heterocycles. The largest absolute Gasteiger partial charge is 0.405 e. The Kier molecular flexibility index (Phi) is 1.52. The maximum absolute atomic E-state index is 5.69. The van der Waals surface area contributed by atoms with Crippen molar-refractivity contribution in [3.05, 3.63) is 48.1 Å². The number of para-hydroxylation sites is 1. The molecule has 1 atom stereocenters. The van der Waals surface area contributed by atoms with Crippen LogP contribution < -0.4 is 4.84 Å². The second-order valence-electron chi connectivity index (χ2n) is 3.59. The number of rotatable bonds is 0. The number of hydrogen-bond acceptors (Lipinski definition) is 2. The van der Waals surface area contributed by atoms with Crippen molar-refractivity contribution < 1.29 is 4.84 Å². The summed E-state index contributed by atoms with van der Waals surface area (Å²) < 4.78 is 0. The van der Waals surface area contributed by atoms with Gasteiger partial charge in [0.2, 0.25) is 0 Å². The average Bonchev–Trinajstić information content (AvgIpc) is 2.67. The van der Waals surface area contributed by atoms with Gasteiger partial charge in [-0.25, -0.2) is 0 Å². The summed E-state index contributed by atoms with van der Waals surface area (Å²) in [4.78, 5) is 5.69. The molecule has 2 heteroatoms. The van der Waals surface area contributed by atoms with Crippen molar-refractivity contribution >= 4 is 5.57 Å². The molecule has 0 radical (unpaired) electrons. The van der Waals surface area contributed by atoms with Gasteiger partial charge in [0.15, 0.2) is 5.75 Å². The fourth-order valence-electron chi connectivity index (χ4n) is 2.03. The van der Waals surface area contributed by atoms with E-state index in [9.17, 15) is 0 Å². The number of fused-ring (bicyclic) bond motifs is 3. The Morgan fingerprint density at radius 3 is 3.07 bits per heavy atom. The van der Waals surface area contributed by atoms with E-state index in [-0.39, 0.29) is 6.04 Å². The van der Waals surface area contributed by atoms with Crippen LogP contribution in [0.15, 0.2) is 42.5 Å². The van der Waals surface area contributed by atoms with E-state index in [0.717, 1.165) is 5.75 Å². The molecule has 2 nitrogen and oxygen atoms in total. The third kappa shape index (κ3) is 0.946. The summed E-state index contributed by atoms with van der Waals surface area (Å²) in [6.45, 7) is 0. The normalized spacial score (nSPS) is 23.8. The van der Waals surface area contributed by atoms with Crippen molar-refractivity contribution in [1.29, 1.82) is 0 Å². The van der Waals surface area contributed by atoms with Crippen LogP contribution in [-0.2, 0) is 0 Å². The van der Waals surface area contributed by atoms with Gasteiger partial charge in [-0.2, -0.15) is 0 Å². The van der Waals surface area contributed by atoms with Crippen LogP contribution in [0.3, 0.4) is 0 Å². The Morgan fingerprint density at radius 1 is 1.29 bits per heavy atom. The highest BCUT2D eigenvalue weighted by Crippen LogP contribution is 2.37. The number of allylic oxidation sites excluding steroid dienone is 2. The van der Waals surface area contributed by atoms with E-state index in [4.69, 9.17) is 4.84 Å². The van der Waals surface area contributed by atoms with E-state index < -0.39 is 0 Å². The van der Waals surface area contributed by atoms with Crippen LogP contribution >= 0.6 is 0 Å². The van der Waals surface area contributed by atoms with E-state index in [1.54, 1.807) is 0 Å². The lowest BCUT2D eigenvalue weighted by atomic mass is 9.99. The third-order valence-electron chi connectivity index (χ3n) is 2.72. The van der Waals surface area contributed by atoms with Gasteiger partial charge in [-0.15, -0.1) is 5.06 Å². The zero-order chi connectivity index (χ0) is 9.54. The molecule has 2 aliphatic rings. The lowest BCUT2D eigenvalue weighted by molar-refractivity contribution is -0.0455. The predicted molar refractivity (Wildman–Crippen MR) is 55.7 cm³/mol. The minimum absolute atomic E-state index is 0.282. The van der Waals surface area contributed by atoms with Crippen molar-refractivity contribution in [2.75, 3.05) is 7.05 Å². The number of benzene rings is 1. The maximum Gasteiger partial charge on any atom is 0.155 e. The quantitative estimate of drug-likeness (QED) is 0.614. The minimum atomic E-state index is 0.282. The first-order chi connectivity index (χ1) is 6.86. The summed E-state index contributed by atoms with van der Waals surface area (Å²) in [7, 11) is 1.96. The molecule has 1 unspecified atom stereocenters. The monoisotopic (exact) mass is 185 g/mol. The highest BCUT2D eigenvalue weighted by Gasteiger charge is 2.29. The van der Waals surface area contributed by atoms with Crippen molar-refractivity contribution in [1.82, 2.24) is 5.06 Å². The standard InChI is InChI=1S/C12H11NO/c1-13-11-7-4-6-9(11)10-5-2-3-8-12(10)14-13/h2-8,11H,1H3. The minimum Gasteiger partial charge on any atom is -0.405 e. The highest BCUT2D eigenvalue weighted by molar-refractivity contribution is 5.79. The summed E-state index contributed by atoms with van der Waals surface area (Å²) in [5.41, 5.74) is 2.54. The van der Waals surface area contributed by atoms with Gasteiger partial charge in [0, 0.05) is 12.6 Å². The van der Waals surface area contributed by atoms with Crippen molar-refractivity contribution in [2.24, 2.45) is 0 Å². The molecule has 0 bridgehead atoms. The Labute approximate surface area is 83.1 Å². The van der Waals surface area contributed by atoms with Gasteiger partial charge in [0.1, 0.15) is 0 Å². The van der Waals surface area contributed by atoms with Gasteiger partial charge in [-0.1, -0.05) is 36.4 Å². The molecule has 1 heterocycles. The lowest BCUT2D eigenvalue weighted by Gasteiger charge is -2.32. The number of likely N-dealkylation sites (N-methyl/N-ethyl adjacent to an activating group) is 1. The van der Waals surface area contributed by atoms with E-state index in [0.29, 0.717) is 0 Å². The molecule has 0 N–H and O–H groups in total. The van der Waals surface area contributed by atoms with Gasteiger partial charge < -0.3 is 4.84 Å². The van der Waals surface area contributed by atoms with Crippen LogP contribution in [-0.4, -0.2) is 18.2 Å². The molecular formula is C12H11NO. The first kappa shape index (κ1) is 7.83. The molecule has 1 aliphatic carbocycles. The first-order valence-electron chi connectivity index (χ1n) is 4.75. The van der Waals surface area contributed by atoms with Crippen molar-refractivity contribution in [2.45, 2.75) is 6.04 Å². The van der Waals surface area contributed by atoms with E-state index in [1.165, 1.54) is 11.1 Å². The molecule has 0 fully saturated rings. The van der Waals surface area contributed by atoms with Crippen molar-refractivity contribution in [3.63, 3.8) is 0 Å². The molecule has 3 rings (SSSR count). The highest BCUT2D eigenvalue weighted by atomic mass is 16.7. The molecule has 70 valence electrons. The van der Waals surface area contributed by atoms with E-state index in [1.807, 2.05) is 30.3 Å². The molecule has 0 saturated carbocycles. The van der Waals surface area contributed by atoms with Crippen LogP contribution in [0.25, 0.3) is 5.57 Å². The Hall–Kier alpha value is -1.54. The van der Waals surface area contributed by atoms with Gasteiger partial charge in [-0.05, 0) is 11.6 Å². The summed E-state index contributed by atoms with van der Waals surface area (Å²) >= 11 is 0. The van der Waals surface area contributed by atoms with E-state index >= 15 is 0 Å². The number of nitrogens with zero attached hydrogens (tertiary/aromatic N) is 1. The maximum atomic E-state index is 5.69. The second kappa shape index (κ2) is 2.72. The summed E-state index contributed by atoms with van der Waals surface area (Å²) in [5, 5.41) is 1.89. The van der Waals surface area contributed by atoms with Gasteiger partial charge in [0.25, 0.3) is 0 Å². The van der Waals surface area contributed by atoms with Crippen LogP contribution in [0.5, 0.6) is 5.75 Å². The average molecular weight is 185 g/mol. The smallest absolute Gasteiger partial charge is 0.155 e. The fourth-order valence-corrected chi connectivity index (χ4v) is 2.03. The molecule has 0 aromatic heterocycles. The van der Waals surface area contributed by atoms with Crippen LogP contribution in [0, 0.1) is 0 Å². The Morgan fingerprint density at radius 2 is 2.14 bits per heavy atom. The predicted octanol–water partition coefficient (Wildman–Crippen LogP) is 2.25. The van der Waals surface area contributed by atoms with Crippen LogP contribution in [0.2, 0.25) is 0 Å². The summed E-state index contributed by atoms with van der Waals surface area (Å²) in [5.74, 6) is 0.946. The molecule has 0 spiro atoms. The molecule has 0 amide bonds.